The normalized spacial score (nSPS) is 18.5. The fourth-order valence-corrected chi connectivity index (χ4v) is 5.59. The van der Waals surface area contributed by atoms with E-state index in [9.17, 15) is 23.6 Å². The summed E-state index contributed by atoms with van der Waals surface area (Å²) in [4.78, 5) is 55.8. The van der Waals surface area contributed by atoms with E-state index in [4.69, 9.17) is 4.74 Å². The molecule has 0 bridgehead atoms. The standard InChI is InChI=1S/C32H41FN6O5/c1-3-20-44-32(43)34-18-9-13-27-30(41)37(19-8-7-12-24-10-5-4-6-11-24)22-28-38(27)29(40)23-36(2)39(28)31(42)35-21-25-14-16-26(33)17-15-25/h3-6,10-11,14-17,27-28H,1,7-9,12-13,18-23H2,2H3,(H,34,43)(H,35,42)/t27-,28-/m0/s1. The molecule has 2 heterocycles. The van der Waals surface area contributed by atoms with E-state index in [0.717, 1.165) is 24.8 Å². The first-order chi connectivity index (χ1) is 21.3. The topological polar surface area (TPSA) is 115 Å². The Balaban J connectivity index is 1.46. The molecule has 0 aliphatic carbocycles. The molecule has 2 aliphatic heterocycles. The zero-order valence-corrected chi connectivity index (χ0v) is 25.1. The van der Waals surface area contributed by atoms with Crippen LogP contribution in [0.5, 0.6) is 0 Å². The van der Waals surface area contributed by atoms with Crippen LogP contribution >= 0.6 is 0 Å². The number of alkyl carbamates (subject to hydrolysis) is 1. The first kappa shape index (κ1) is 32.5. The minimum Gasteiger partial charge on any atom is -0.445 e. The number of unbranched alkanes of at least 4 members (excludes halogenated alkanes) is 1. The van der Waals surface area contributed by atoms with E-state index in [1.165, 1.54) is 33.7 Å². The molecule has 0 spiro atoms. The number of nitrogens with zero attached hydrogens (tertiary/aromatic N) is 4. The Morgan fingerprint density at radius 2 is 1.77 bits per heavy atom. The molecule has 2 aromatic rings. The van der Waals surface area contributed by atoms with Crippen LogP contribution in [0.2, 0.25) is 0 Å². The van der Waals surface area contributed by atoms with E-state index >= 15 is 0 Å². The number of halogens is 1. The summed E-state index contributed by atoms with van der Waals surface area (Å²) >= 11 is 0. The Hall–Kier alpha value is -4.45. The van der Waals surface area contributed by atoms with Gasteiger partial charge in [-0.1, -0.05) is 55.1 Å². The van der Waals surface area contributed by atoms with Crippen molar-refractivity contribution in [2.75, 3.05) is 39.8 Å². The minimum absolute atomic E-state index is 0.0759. The number of benzene rings is 2. The highest BCUT2D eigenvalue weighted by atomic mass is 19.1. The van der Waals surface area contributed by atoms with Gasteiger partial charge >= 0.3 is 12.1 Å². The molecule has 12 heteroatoms. The summed E-state index contributed by atoms with van der Waals surface area (Å²) in [5.74, 6) is -0.782. The summed E-state index contributed by atoms with van der Waals surface area (Å²) in [6, 6.07) is 14.8. The minimum atomic E-state index is -0.789. The molecule has 44 heavy (non-hydrogen) atoms. The molecule has 0 aromatic heterocycles. The number of aryl methyl sites for hydroxylation is 1. The number of rotatable bonds is 13. The highest BCUT2D eigenvalue weighted by Crippen LogP contribution is 2.28. The maximum Gasteiger partial charge on any atom is 0.407 e. The van der Waals surface area contributed by atoms with Crippen molar-refractivity contribution in [3.63, 3.8) is 0 Å². The number of likely N-dealkylation sites (N-methyl/N-ethyl adjacent to an activating group) is 1. The van der Waals surface area contributed by atoms with Gasteiger partial charge in [-0.3, -0.25) is 9.59 Å². The van der Waals surface area contributed by atoms with Gasteiger partial charge < -0.3 is 25.2 Å². The SMILES string of the molecule is C=CCOC(=O)NCCC[C@H]1C(=O)N(CCCCc2ccccc2)C[C@H]2N1C(=O)CN(C)N2C(=O)NCc1ccc(F)cc1. The second kappa shape index (κ2) is 15.9. The maximum atomic E-state index is 13.8. The Kier molecular flexibility index (Phi) is 11.7. The highest BCUT2D eigenvalue weighted by Gasteiger charge is 2.50. The number of hydrogen-bond acceptors (Lipinski definition) is 6. The van der Waals surface area contributed by atoms with Crippen molar-refractivity contribution >= 4 is 23.9 Å². The van der Waals surface area contributed by atoms with Crippen LogP contribution in [0.4, 0.5) is 14.0 Å². The summed E-state index contributed by atoms with van der Waals surface area (Å²) in [5.41, 5.74) is 1.95. The van der Waals surface area contributed by atoms with Crippen molar-refractivity contribution in [3.8, 4) is 0 Å². The zero-order chi connectivity index (χ0) is 31.5. The average molecular weight is 609 g/mol. The number of carbonyl (C=O) groups is 4. The largest absolute Gasteiger partial charge is 0.445 e. The number of ether oxygens (including phenoxy) is 1. The average Bonchev–Trinajstić information content (AvgIpc) is 3.01. The van der Waals surface area contributed by atoms with Gasteiger partial charge in [-0.15, -0.1) is 0 Å². The smallest absolute Gasteiger partial charge is 0.407 e. The van der Waals surface area contributed by atoms with Gasteiger partial charge in [-0.2, -0.15) is 0 Å². The first-order valence-electron chi connectivity index (χ1n) is 15.0. The van der Waals surface area contributed by atoms with Crippen LogP contribution in [-0.2, 0) is 27.3 Å². The van der Waals surface area contributed by atoms with E-state index in [2.05, 4.69) is 29.3 Å². The molecule has 0 radical (unpaired) electrons. The number of hydrogen-bond donors (Lipinski definition) is 2. The van der Waals surface area contributed by atoms with Crippen molar-refractivity contribution in [2.45, 2.75) is 50.9 Å². The zero-order valence-electron chi connectivity index (χ0n) is 25.1. The molecular weight excluding hydrogens is 567 g/mol. The van der Waals surface area contributed by atoms with E-state index in [1.54, 1.807) is 29.1 Å². The van der Waals surface area contributed by atoms with E-state index in [0.29, 0.717) is 19.4 Å². The third kappa shape index (κ3) is 8.56. The van der Waals surface area contributed by atoms with Gasteiger partial charge in [0.25, 0.3) is 0 Å². The van der Waals surface area contributed by atoms with Gasteiger partial charge in [0, 0.05) is 26.7 Å². The van der Waals surface area contributed by atoms with Crippen LogP contribution < -0.4 is 10.6 Å². The third-order valence-corrected chi connectivity index (χ3v) is 7.75. The number of nitrogens with one attached hydrogen (secondary N) is 2. The maximum absolute atomic E-state index is 13.8. The van der Waals surface area contributed by atoms with Crippen LogP contribution in [0.1, 0.15) is 36.8 Å². The van der Waals surface area contributed by atoms with Crippen molar-refractivity contribution in [3.05, 3.63) is 84.2 Å². The molecule has 2 aliphatic rings. The lowest BCUT2D eigenvalue weighted by Gasteiger charge is -2.54. The third-order valence-electron chi connectivity index (χ3n) is 7.75. The van der Waals surface area contributed by atoms with Crippen molar-refractivity contribution in [1.29, 1.82) is 0 Å². The summed E-state index contributed by atoms with van der Waals surface area (Å²) in [7, 11) is 1.67. The van der Waals surface area contributed by atoms with Gasteiger partial charge in [0.2, 0.25) is 11.8 Å². The number of fused-ring (bicyclic) bond motifs is 1. The van der Waals surface area contributed by atoms with Crippen LogP contribution in [0, 0.1) is 5.82 Å². The second-order valence-corrected chi connectivity index (χ2v) is 10.9. The number of piperazine rings is 1. The lowest BCUT2D eigenvalue weighted by Crippen LogP contribution is -2.76. The van der Waals surface area contributed by atoms with Gasteiger partial charge in [0.1, 0.15) is 24.6 Å². The molecule has 236 valence electrons. The Morgan fingerprint density at radius 1 is 1.02 bits per heavy atom. The van der Waals surface area contributed by atoms with Crippen LogP contribution in [0.3, 0.4) is 0 Å². The van der Waals surface area contributed by atoms with Crippen LogP contribution in [-0.4, -0.2) is 95.8 Å². The first-order valence-corrected chi connectivity index (χ1v) is 15.0. The van der Waals surface area contributed by atoms with E-state index < -0.39 is 24.3 Å². The molecule has 2 atom stereocenters. The molecule has 2 N–H and O–H groups in total. The summed E-state index contributed by atoms with van der Waals surface area (Å²) in [6.45, 7) is 4.61. The van der Waals surface area contributed by atoms with E-state index in [-0.39, 0.29) is 50.4 Å². The van der Waals surface area contributed by atoms with Gasteiger partial charge in [-0.25, -0.2) is 24.0 Å². The lowest BCUT2D eigenvalue weighted by molar-refractivity contribution is -0.187. The van der Waals surface area contributed by atoms with Crippen LogP contribution in [0.25, 0.3) is 0 Å². The monoisotopic (exact) mass is 608 g/mol. The van der Waals surface area contributed by atoms with Gasteiger partial charge in [-0.05, 0) is 55.4 Å². The summed E-state index contributed by atoms with van der Waals surface area (Å²) < 4.78 is 18.3. The molecule has 0 unspecified atom stereocenters. The molecule has 4 rings (SSSR count). The highest BCUT2D eigenvalue weighted by molar-refractivity contribution is 5.91. The number of urea groups is 1. The van der Waals surface area contributed by atoms with Gasteiger partial charge in [0.15, 0.2) is 0 Å². The van der Waals surface area contributed by atoms with Gasteiger partial charge in [0.05, 0.1) is 13.1 Å². The lowest BCUT2D eigenvalue weighted by atomic mass is 10.0. The van der Waals surface area contributed by atoms with E-state index in [1.807, 2.05) is 18.2 Å². The number of amides is 5. The van der Waals surface area contributed by atoms with Crippen LogP contribution in [0.15, 0.2) is 67.3 Å². The van der Waals surface area contributed by atoms with Crippen molar-refractivity contribution in [1.82, 2.24) is 30.5 Å². The molecule has 2 saturated heterocycles. The molecule has 0 saturated carbocycles. The fraction of sp³-hybridized carbons (Fsp3) is 0.438. The second-order valence-electron chi connectivity index (χ2n) is 10.9. The molecule has 2 fully saturated rings. The summed E-state index contributed by atoms with van der Waals surface area (Å²) in [5, 5.41) is 8.59. The number of carbonyl (C=O) groups excluding carboxylic acids is 4. The molecule has 2 aromatic carbocycles. The predicted molar refractivity (Wildman–Crippen MR) is 162 cm³/mol. The van der Waals surface area contributed by atoms with Crippen molar-refractivity contribution in [2.24, 2.45) is 0 Å². The molecular formula is C32H41FN6O5. The number of hydrazine groups is 1. The molecule has 11 nitrogen and oxygen atoms in total. The predicted octanol–water partition coefficient (Wildman–Crippen LogP) is 3.28. The molecule has 5 amide bonds. The Morgan fingerprint density at radius 3 is 2.50 bits per heavy atom. The fourth-order valence-electron chi connectivity index (χ4n) is 5.59. The quantitative estimate of drug-likeness (QED) is 0.267. The summed E-state index contributed by atoms with van der Waals surface area (Å²) in [6.07, 6.45) is 3.42. The van der Waals surface area contributed by atoms with Crippen molar-refractivity contribution < 1.29 is 28.3 Å². The Labute approximate surface area is 257 Å². The Bertz CT molecular complexity index is 1290.